The molecule has 1 aromatic carbocycles. The molecule has 0 atom stereocenters. The SMILES string of the molecule is CCN(C(=O)COC(=O)CN1C(=O)NC2(CCC(C)CC2)C1=O)c1nc2ccccc2s1. The summed E-state index contributed by atoms with van der Waals surface area (Å²) in [5, 5.41) is 3.29. The molecule has 1 N–H and O–H groups in total. The van der Waals surface area contributed by atoms with Gasteiger partial charge in [-0.3, -0.25) is 24.2 Å². The zero-order valence-electron chi connectivity index (χ0n) is 18.1. The molecule has 1 spiro atoms. The second kappa shape index (κ2) is 8.85. The van der Waals surface area contributed by atoms with Crippen molar-refractivity contribution in [3.63, 3.8) is 0 Å². The fraction of sp³-hybridized carbons (Fsp3) is 0.500. The van der Waals surface area contributed by atoms with Gasteiger partial charge >= 0.3 is 12.0 Å². The highest BCUT2D eigenvalue weighted by Gasteiger charge is 2.52. The number of ether oxygens (including phenoxy) is 1. The lowest BCUT2D eigenvalue weighted by Gasteiger charge is -2.33. The van der Waals surface area contributed by atoms with Crippen LogP contribution in [0.3, 0.4) is 0 Å². The summed E-state index contributed by atoms with van der Waals surface area (Å²) in [6.45, 7) is 3.29. The Labute approximate surface area is 189 Å². The molecule has 1 aliphatic heterocycles. The van der Waals surface area contributed by atoms with E-state index in [9.17, 15) is 19.2 Å². The highest BCUT2D eigenvalue weighted by atomic mass is 32.1. The summed E-state index contributed by atoms with van der Waals surface area (Å²) in [6.07, 6.45) is 2.82. The molecular weight excluding hydrogens is 432 g/mol. The summed E-state index contributed by atoms with van der Waals surface area (Å²) in [6, 6.07) is 6.98. The number of para-hydroxylation sites is 1. The first kappa shape index (κ1) is 22.2. The van der Waals surface area contributed by atoms with E-state index in [1.54, 1.807) is 0 Å². The molecule has 2 aromatic rings. The van der Waals surface area contributed by atoms with Crippen LogP contribution in [0.25, 0.3) is 10.2 Å². The lowest BCUT2D eigenvalue weighted by Crippen LogP contribution is -2.49. The van der Waals surface area contributed by atoms with Crippen LogP contribution in [0.15, 0.2) is 24.3 Å². The second-order valence-corrected chi connectivity index (χ2v) is 9.36. The van der Waals surface area contributed by atoms with Crippen molar-refractivity contribution in [3.8, 4) is 0 Å². The Kier molecular flexibility index (Phi) is 6.14. The molecule has 4 amide bonds. The molecule has 9 nitrogen and oxygen atoms in total. The fourth-order valence-electron chi connectivity index (χ4n) is 4.20. The van der Waals surface area contributed by atoms with Crippen LogP contribution in [0.1, 0.15) is 39.5 Å². The van der Waals surface area contributed by atoms with E-state index in [1.807, 2.05) is 31.2 Å². The molecule has 4 rings (SSSR count). The largest absolute Gasteiger partial charge is 0.454 e. The van der Waals surface area contributed by atoms with E-state index in [4.69, 9.17) is 4.74 Å². The van der Waals surface area contributed by atoms with Gasteiger partial charge in [-0.2, -0.15) is 0 Å². The number of anilines is 1. The zero-order chi connectivity index (χ0) is 22.9. The van der Waals surface area contributed by atoms with E-state index in [1.165, 1.54) is 16.2 Å². The number of imide groups is 1. The summed E-state index contributed by atoms with van der Waals surface area (Å²) < 4.78 is 6.06. The molecule has 10 heteroatoms. The van der Waals surface area contributed by atoms with E-state index >= 15 is 0 Å². The fourth-order valence-corrected chi connectivity index (χ4v) is 5.25. The van der Waals surface area contributed by atoms with Crippen molar-refractivity contribution in [1.29, 1.82) is 0 Å². The topological polar surface area (TPSA) is 109 Å². The number of fused-ring (bicyclic) bond motifs is 1. The number of aromatic nitrogens is 1. The Bertz CT molecular complexity index is 1030. The zero-order valence-corrected chi connectivity index (χ0v) is 18.9. The minimum atomic E-state index is -0.911. The van der Waals surface area contributed by atoms with Crippen LogP contribution >= 0.6 is 11.3 Å². The van der Waals surface area contributed by atoms with Gasteiger partial charge in [0.2, 0.25) is 0 Å². The smallest absolute Gasteiger partial charge is 0.326 e. The molecule has 0 radical (unpaired) electrons. The normalized spacial score (nSPS) is 22.9. The van der Waals surface area contributed by atoms with E-state index in [2.05, 4.69) is 17.2 Å². The number of hydrogen-bond donors (Lipinski definition) is 1. The highest BCUT2D eigenvalue weighted by molar-refractivity contribution is 7.22. The third kappa shape index (κ3) is 4.19. The summed E-state index contributed by atoms with van der Waals surface area (Å²) in [4.78, 5) is 57.0. The minimum Gasteiger partial charge on any atom is -0.454 e. The Balaban J connectivity index is 1.34. The van der Waals surface area contributed by atoms with Crippen LogP contribution in [0, 0.1) is 5.92 Å². The molecule has 2 aliphatic rings. The Hall–Kier alpha value is -3.01. The van der Waals surface area contributed by atoms with Gasteiger partial charge in [-0.05, 0) is 50.7 Å². The molecule has 1 aliphatic carbocycles. The van der Waals surface area contributed by atoms with Gasteiger partial charge in [-0.1, -0.05) is 30.4 Å². The van der Waals surface area contributed by atoms with Crippen LogP contribution in [-0.4, -0.2) is 58.9 Å². The minimum absolute atomic E-state index is 0.365. The van der Waals surface area contributed by atoms with Crippen molar-refractivity contribution in [2.45, 2.75) is 45.1 Å². The summed E-state index contributed by atoms with van der Waals surface area (Å²) in [5.41, 5.74) is -0.119. The van der Waals surface area contributed by atoms with Crippen LogP contribution in [0.4, 0.5) is 9.93 Å². The van der Waals surface area contributed by atoms with Gasteiger partial charge in [0.05, 0.1) is 10.2 Å². The number of esters is 1. The molecule has 32 heavy (non-hydrogen) atoms. The van der Waals surface area contributed by atoms with Gasteiger partial charge in [0.15, 0.2) is 11.7 Å². The van der Waals surface area contributed by atoms with Crippen molar-refractivity contribution in [1.82, 2.24) is 15.2 Å². The average Bonchev–Trinajstić information content (AvgIpc) is 3.30. The van der Waals surface area contributed by atoms with Crippen LogP contribution in [-0.2, 0) is 19.1 Å². The van der Waals surface area contributed by atoms with Crippen LogP contribution < -0.4 is 10.2 Å². The molecule has 170 valence electrons. The quantitative estimate of drug-likeness (QED) is 0.527. The molecule has 0 bridgehead atoms. The summed E-state index contributed by atoms with van der Waals surface area (Å²) in [7, 11) is 0. The lowest BCUT2D eigenvalue weighted by molar-refractivity contribution is -0.150. The average molecular weight is 459 g/mol. The van der Waals surface area contributed by atoms with Gasteiger partial charge in [-0.15, -0.1) is 0 Å². The highest BCUT2D eigenvalue weighted by Crippen LogP contribution is 2.36. The van der Waals surface area contributed by atoms with Crippen LogP contribution in [0.2, 0.25) is 0 Å². The number of thiazole rings is 1. The van der Waals surface area contributed by atoms with Crippen molar-refractivity contribution in [3.05, 3.63) is 24.3 Å². The number of nitrogens with zero attached hydrogens (tertiary/aromatic N) is 3. The van der Waals surface area contributed by atoms with Gasteiger partial charge in [0.25, 0.3) is 11.8 Å². The molecule has 2 heterocycles. The van der Waals surface area contributed by atoms with Gasteiger partial charge in [-0.25, -0.2) is 9.78 Å². The monoisotopic (exact) mass is 458 g/mol. The first-order valence-electron chi connectivity index (χ1n) is 10.8. The van der Waals surface area contributed by atoms with E-state index < -0.39 is 36.6 Å². The van der Waals surface area contributed by atoms with E-state index in [0.717, 1.165) is 28.0 Å². The molecular formula is C22H26N4O5S. The maximum atomic E-state index is 12.9. The third-order valence-corrected chi connectivity index (χ3v) is 7.21. The number of rotatable bonds is 6. The maximum absolute atomic E-state index is 12.9. The van der Waals surface area contributed by atoms with Gasteiger partial charge in [0.1, 0.15) is 12.1 Å². The van der Waals surface area contributed by atoms with Crippen molar-refractivity contribution < 1.29 is 23.9 Å². The van der Waals surface area contributed by atoms with E-state index in [-0.39, 0.29) is 5.91 Å². The Morgan fingerprint density at radius 2 is 2.00 bits per heavy atom. The standard InChI is InChI=1S/C22H26N4O5S/c1-3-25(21-23-15-6-4-5-7-16(15)32-21)17(27)13-31-18(28)12-26-19(29)22(24-20(26)30)10-8-14(2)9-11-22/h4-7,14H,3,8-13H2,1-2H3,(H,24,30). The number of nitrogens with one attached hydrogen (secondary N) is 1. The van der Waals surface area contributed by atoms with Crippen LogP contribution in [0.5, 0.6) is 0 Å². The Morgan fingerprint density at radius 1 is 1.28 bits per heavy atom. The number of likely N-dealkylation sites (N-methyl/N-ethyl adjacent to an activating group) is 1. The van der Waals surface area contributed by atoms with Crippen molar-refractivity contribution in [2.24, 2.45) is 5.92 Å². The Morgan fingerprint density at radius 3 is 2.69 bits per heavy atom. The number of amides is 4. The molecule has 1 aromatic heterocycles. The molecule has 1 saturated carbocycles. The number of carbonyl (C=O) groups excluding carboxylic acids is 4. The molecule has 0 unspecified atom stereocenters. The first-order valence-corrected chi connectivity index (χ1v) is 11.6. The number of hydrogen-bond acceptors (Lipinski definition) is 7. The third-order valence-electron chi connectivity index (χ3n) is 6.15. The van der Waals surface area contributed by atoms with Gasteiger partial charge in [0, 0.05) is 6.54 Å². The predicted octanol–water partition coefficient (Wildman–Crippen LogP) is 2.69. The van der Waals surface area contributed by atoms with Crippen molar-refractivity contribution in [2.75, 3.05) is 24.6 Å². The molecule has 2 fully saturated rings. The number of urea groups is 1. The number of benzene rings is 1. The maximum Gasteiger partial charge on any atom is 0.326 e. The second-order valence-electron chi connectivity index (χ2n) is 8.35. The molecule has 1 saturated heterocycles. The lowest BCUT2D eigenvalue weighted by atomic mass is 9.77. The van der Waals surface area contributed by atoms with E-state index in [0.29, 0.717) is 30.4 Å². The number of carbonyl (C=O) groups is 4. The van der Waals surface area contributed by atoms with Gasteiger partial charge < -0.3 is 10.1 Å². The summed E-state index contributed by atoms with van der Waals surface area (Å²) in [5.74, 6) is -1.10. The predicted molar refractivity (Wildman–Crippen MR) is 119 cm³/mol. The first-order chi connectivity index (χ1) is 15.3. The van der Waals surface area contributed by atoms with Crippen molar-refractivity contribution >= 4 is 50.5 Å². The summed E-state index contributed by atoms with van der Waals surface area (Å²) >= 11 is 1.38.